The Kier molecular flexibility index (Phi) is 5.42. The molecule has 1 aromatic rings. The summed E-state index contributed by atoms with van der Waals surface area (Å²) >= 11 is 0. The van der Waals surface area contributed by atoms with E-state index in [2.05, 4.69) is 24.7 Å². The number of rotatable bonds is 5. The van der Waals surface area contributed by atoms with Gasteiger partial charge in [-0.2, -0.15) is 0 Å². The minimum atomic E-state index is 0.154. The first-order chi connectivity index (χ1) is 12.0. The molecule has 1 aromatic heterocycles. The van der Waals surface area contributed by atoms with Crippen LogP contribution in [0.5, 0.6) is 5.88 Å². The highest BCUT2D eigenvalue weighted by Gasteiger charge is 2.42. The van der Waals surface area contributed by atoms with Crippen LogP contribution in [0.25, 0.3) is 0 Å². The molecule has 1 amide bonds. The maximum absolute atomic E-state index is 12.3. The Bertz CT molecular complexity index is 609. The molecule has 7 heteroatoms. The number of aromatic nitrogens is 2. The van der Waals surface area contributed by atoms with Gasteiger partial charge in [0.25, 0.3) is 5.88 Å². The zero-order valence-electron chi connectivity index (χ0n) is 15.6. The summed E-state index contributed by atoms with van der Waals surface area (Å²) in [5.74, 6) is 1.69. The molecule has 2 aliphatic rings. The molecule has 7 nitrogen and oxygen atoms in total. The first-order valence-electron chi connectivity index (χ1n) is 9.05. The van der Waals surface area contributed by atoms with Crippen molar-refractivity contribution < 1.29 is 9.53 Å². The molecule has 25 heavy (non-hydrogen) atoms. The van der Waals surface area contributed by atoms with Crippen LogP contribution in [0.1, 0.15) is 25.7 Å². The van der Waals surface area contributed by atoms with Gasteiger partial charge in [0.05, 0.1) is 7.11 Å². The summed E-state index contributed by atoms with van der Waals surface area (Å²) in [4.78, 5) is 27.6. The molecular weight excluding hydrogens is 318 g/mol. The van der Waals surface area contributed by atoms with Crippen molar-refractivity contribution in [2.45, 2.75) is 25.7 Å². The fraction of sp³-hybridized carbons (Fsp3) is 0.722. The van der Waals surface area contributed by atoms with Crippen LogP contribution in [-0.2, 0) is 4.79 Å². The Balaban J connectivity index is 1.74. The van der Waals surface area contributed by atoms with Crippen LogP contribution in [-0.4, -0.2) is 79.6 Å². The highest BCUT2D eigenvalue weighted by Crippen LogP contribution is 2.40. The number of carbonyl (C=O) groups excluding carboxylic acids is 1. The van der Waals surface area contributed by atoms with Crippen LogP contribution >= 0.6 is 0 Å². The lowest BCUT2D eigenvalue weighted by molar-refractivity contribution is -0.138. The Hall–Kier alpha value is -1.89. The van der Waals surface area contributed by atoms with Gasteiger partial charge in [0.1, 0.15) is 0 Å². The van der Waals surface area contributed by atoms with Crippen molar-refractivity contribution >= 4 is 11.7 Å². The normalized spacial score (nSPS) is 24.2. The number of carbonyl (C=O) groups is 1. The summed E-state index contributed by atoms with van der Waals surface area (Å²) in [6.45, 7) is 4.43. The summed E-state index contributed by atoms with van der Waals surface area (Å²) in [7, 11) is 5.73. The molecule has 0 aromatic carbocycles. The Morgan fingerprint density at radius 1 is 1.24 bits per heavy atom. The third-order valence-corrected chi connectivity index (χ3v) is 5.37. The number of piperidine rings is 2. The molecule has 2 aliphatic heterocycles. The van der Waals surface area contributed by atoms with E-state index in [9.17, 15) is 4.79 Å². The van der Waals surface area contributed by atoms with Crippen molar-refractivity contribution in [3.8, 4) is 5.88 Å². The molecule has 3 heterocycles. The third-order valence-electron chi connectivity index (χ3n) is 5.37. The first-order valence-corrected chi connectivity index (χ1v) is 9.05. The second-order valence-corrected chi connectivity index (χ2v) is 7.53. The standard InChI is InChI=1S/C18H29N5O2/c1-21(2)11-12-22-13-18(7-5-15(22)24)6-4-10-23(14-18)16-17(25-3)20-9-8-19-16/h8-9H,4-7,10-14H2,1-3H3. The summed E-state index contributed by atoms with van der Waals surface area (Å²) in [5, 5.41) is 0. The predicted octanol–water partition coefficient (Wildman–Crippen LogP) is 1.26. The molecule has 3 rings (SSSR count). The van der Waals surface area contributed by atoms with Crippen LogP contribution < -0.4 is 9.64 Å². The topological polar surface area (TPSA) is 61.8 Å². The van der Waals surface area contributed by atoms with E-state index in [0.29, 0.717) is 18.2 Å². The number of likely N-dealkylation sites (tertiary alicyclic amines) is 1. The van der Waals surface area contributed by atoms with E-state index in [1.54, 1.807) is 19.5 Å². The Morgan fingerprint density at radius 2 is 2.04 bits per heavy atom. The van der Waals surface area contributed by atoms with Gasteiger partial charge >= 0.3 is 0 Å². The molecule has 1 unspecified atom stereocenters. The maximum Gasteiger partial charge on any atom is 0.257 e. The van der Waals surface area contributed by atoms with Gasteiger partial charge in [-0.25, -0.2) is 9.97 Å². The van der Waals surface area contributed by atoms with Crippen LogP contribution in [0.4, 0.5) is 5.82 Å². The lowest BCUT2D eigenvalue weighted by Gasteiger charge is -2.48. The van der Waals surface area contributed by atoms with Gasteiger partial charge in [-0.15, -0.1) is 0 Å². The maximum atomic E-state index is 12.3. The van der Waals surface area contributed by atoms with Crippen molar-refractivity contribution in [2.24, 2.45) is 5.41 Å². The van der Waals surface area contributed by atoms with Gasteiger partial charge in [-0.05, 0) is 33.4 Å². The molecule has 0 saturated carbocycles. The number of likely N-dealkylation sites (N-methyl/N-ethyl adjacent to an activating group) is 1. The fourth-order valence-corrected chi connectivity index (χ4v) is 4.03. The first kappa shape index (κ1) is 17.9. The molecule has 0 aliphatic carbocycles. The monoisotopic (exact) mass is 347 g/mol. The van der Waals surface area contributed by atoms with E-state index in [4.69, 9.17) is 4.74 Å². The van der Waals surface area contributed by atoms with E-state index in [-0.39, 0.29) is 5.41 Å². The second-order valence-electron chi connectivity index (χ2n) is 7.53. The average molecular weight is 347 g/mol. The van der Waals surface area contributed by atoms with Crippen molar-refractivity contribution in [3.05, 3.63) is 12.4 Å². The number of methoxy groups -OCH3 is 1. The molecule has 1 spiro atoms. The van der Waals surface area contributed by atoms with E-state index in [0.717, 1.165) is 57.8 Å². The highest BCUT2D eigenvalue weighted by molar-refractivity contribution is 5.77. The average Bonchev–Trinajstić information content (AvgIpc) is 2.63. The van der Waals surface area contributed by atoms with Gasteiger partial charge in [0, 0.05) is 57.0 Å². The third kappa shape index (κ3) is 4.03. The number of hydrogen-bond donors (Lipinski definition) is 0. The summed E-state index contributed by atoms with van der Waals surface area (Å²) in [6, 6.07) is 0. The van der Waals surface area contributed by atoms with Crippen molar-refractivity contribution in [1.29, 1.82) is 0 Å². The van der Waals surface area contributed by atoms with Gasteiger partial charge < -0.3 is 19.4 Å². The second kappa shape index (κ2) is 7.56. The number of hydrogen-bond acceptors (Lipinski definition) is 6. The minimum Gasteiger partial charge on any atom is -0.478 e. The summed E-state index contributed by atoms with van der Waals surface area (Å²) in [6.07, 6.45) is 7.26. The molecule has 0 radical (unpaired) electrons. The van der Waals surface area contributed by atoms with Gasteiger partial charge in [-0.3, -0.25) is 4.79 Å². The molecule has 138 valence electrons. The largest absolute Gasteiger partial charge is 0.478 e. The highest BCUT2D eigenvalue weighted by atomic mass is 16.5. The minimum absolute atomic E-state index is 0.154. The molecule has 2 saturated heterocycles. The van der Waals surface area contributed by atoms with Crippen LogP contribution in [0.2, 0.25) is 0 Å². The lowest BCUT2D eigenvalue weighted by atomic mass is 9.73. The fourth-order valence-electron chi connectivity index (χ4n) is 4.03. The van der Waals surface area contributed by atoms with Crippen molar-refractivity contribution in [1.82, 2.24) is 19.8 Å². The number of anilines is 1. The molecule has 0 bridgehead atoms. The van der Waals surface area contributed by atoms with Gasteiger partial charge in [0.15, 0.2) is 5.82 Å². The van der Waals surface area contributed by atoms with Gasteiger partial charge in [0.2, 0.25) is 5.91 Å². The number of ether oxygens (including phenoxy) is 1. The quantitative estimate of drug-likeness (QED) is 0.799. The molecule has 2 fully saturated rings. The van der Waals surface area contributed by atoms with Crippen LogP contribution in [0, 0.1) is 5.41 Å². The van der Waals surface area contributed by atoms with E-state index < -0.39 is 0 Å². The zero-order valence-corrected chi connectivity index (χ0v) is 15.6. The van der Waals surface area contributed by atoms with Crippen LogP contribution in [0.15, 0.2) is 12.4 Å². The summed E-state index contributed by atoms with van der Waals surface area (Å²) < 4.78 is 5.39. The lowest BCUT2D eigenvalue weighted by Crippen LogP contribution is -2.55. The number of nitrogens with zero attached hydrogens (tertiary/aromatic N) is 5. The van der Waals surface area contributed by atoms with Crippen molar-refractivity contribution in [3.63, 3.8) is 0 Å². The Labute approximate surface area is 150 Å². The molecule has 0 N–H and O–H groups in total. The van der Waals surface area contributed by atoms with Crippen LogP contribution in [0.3, 0.4) is 0 Å². The Morgan fingerprint density at radius 3 is 2.80 bits per heavy atom. The predicted molar refractivity (Wildman–Crippen MR) is 96.8 cm³/mol. The van der Waals surface area contributed by atoms with E-state index in [1.807, 2.05) is 14.1 Å². The summed E-state index contributed by atoms with van der Waals surface area (Å²) in [5.41, 5.74) is 0.154. The van der Waals surface area contributed by atoms with Crippen molar-refractivity contribution in [2.75, 3.05) is 58.8 Å². The SMILES string of the molecule is COc1nccnc1N1CCCC2(CCC(=O)N(CCN(C)C)C2)C1. The van der Waals surface area contributed by atoms with Gasteiger partial charge in [-0.1, -0.05) is 0 Å². The van der Waals surface area contributed by atoms with E-state index in [1.165, 1.54) is 0 Å². The molecule has 1 atom stereocenters. The zero-order chi connectivity index (χ0) is 17.9. The smallest absolute Gasteiger partial charge is 0.257 e. The molecular formula is C18H29N5O2. The number of amides is 1. The van der Waals surface area contributed by atoms with E-state index >= 15 is 0 Å².